The van der Waals surface area contributed by atoms with E-state index in [2.05, 4.69) is 26.1 Å². The highest BCUT2D eigenvalue weighted by atomic mass is 19.1. The standard InChI is InChI=1S/C20H18FN5O2/c1-11-18-16(10-17(27)24-19(18)26-25-11)12-5-7-14(8-6-12)22-20(28)23-15-4-2-3-13(21)9-15/h2-9,16H,10H2,1H3,(H2,22,23,28)(H2,24,25,26,27). The Kier molecular flexibility index (Phi) is 4.52. The third-order valence-corrected chi connectivity index (χ3v) is 4.64. The number of aryl methyl sites for hydroxylation is 1. The summed E-state index contributed by atoms with van der Waals surface area (Å²) in [6.45, 7) is 1.92. The van der Waals surface area contributed by atoms with Gasteiger partial charge >= 0.3 is 6.03 Å². The van der Waals surface area contributed by atoms with Crippen molar-refractivity contribution in [3.63, 3.8) is 0 Å². The number of aromatic nitrogens is 2. The van der Waals surface area contributed by atoms with E-state index >= 15 is 0 Å². The van der Waals surface area contributed by atoms with Gasteiger partial charge in [-0.3, -0.25) is 9.89 Å². The molecule has 1 aliphatic rings. The third kappa shape index (κ3) is 3.57. The number of nitrogens with zero attached hydrogens (tertiary/aromatic N) is 1. The molecule has 1 aliphatic heterocycles. The predicted octanol–water partition coefficient (Wildman–Crippen LogP) is 3.98. The molecule has 3 amide bonds. The average molecular weight is 379 g/mol. The number of aromatic amines is 1. The summed E-state index contributed by atoms with van der Waals surface area (Å²) in [4.78, 5) is 24.1. The summed E-state index contributed by atoms with van der Waals surface area (Å²) in [6.07, 6.45) is 0.334. The molecular weight excluding hydrogens is 361 g/mol. The number of nitrogens with one attached hydrogen (secondary N) is 4. The zero-order valence-corrected chi connectivity index (χ0v) is 15.0. The number of halogens is 1. The minimum atomic E-state index is -0.469. The molecule has 0 saturated heterocycles. The van der Waals surface area contributed by atoms with E-state index in [9.17, 15) is 14.0 Å². The van der Waals surface area contributed by atoms with Crippen LogP contribution in [0.3, 0.4) is 0 Å². The van der Waals surface area contributed by atoms with Gasteiger partial charge in [-0.05, 0) is 42.8 Å². The first-order valence-corrected chi connectivity index (χ1v) is 8.78. The maximum atomic E-state index is 13.2. The molecule has 1 unspecified atom stereocenters. The number of fused-ring (bicyclic) bond motifs is 1. The van der Waals surface area contributed by atoms with Crippen molar-refractivity contribution in [3.05, 3.63) is 71.2 Å². The fourth-order valence-electron chi connectivity index (χ4n) is 3.37. The van der Waals surface area contributed by atoms with Gasteiger partial charge in [0.15, 0.2) is 5.82 Å². The monoisotopic (exact) mass is 379 g/mol. The normalized spacial score (nSPS) is 15.5. The average Bonchev–Trinajstić information content (AvgIpc) is 3.02. The van der Waals surface area contributed by atoms with Crippen LogP contribution in [0.25, 0.3) is 0 Å². The fraction of sp³-hybridized carbons (Fsp3) is 0.150. The molecule has 0 saturated carbocycles. The fourth-order valence-corrected chi connectivity index (χ4v) is 3.37. The van der Waals surface area contributed by atoms with Crippen molar-refractivity contribution in [1.29, 1.82) is 0 Å². The molecule has 0 aliphatic carbocycles. The van der Waals surface area contributed by atoms with E-state index < -0.39 is 11.8 Å². The predicted molar refractivity (Wildman–Crippen MR) is 104 cm³/mol. The van der Waals surface area contributed by atoms with E-state index in [4.69, 9.17) is 0 Å². The van der Waals surface area contributed by atoms with Crippen LogP contribution in [0, 0.1) is 12.7 Å². The SMILES string of the molecule is Cc1[nH]nc2c1C(c1ccc(NC(=O)Nc3cccc(F)c3)cc1)CC(=O)N2. The summed E-state index contributed by atoms with van der Waals surface area (Å²) in [5.41, 5.74) is 3.80. The second kappa shape index (κ2) is 7.15. The van der Waals surface area contributed by atoms with Crippen molar-refractivity contribution in [1.82, 2.24) is 10.2 Å². The van der Waals surface area contributed by atoms with Gasteiger partial charge in [-0.2, -0.15) is 5.10 Å². The van der Waals surface area contributed by atoms with E-state index in [-0.39, 0.29) is 11.8 Å². The smallest absolute Gasteiger partial charge is 0.309 e. The number of carbonyl (C=O) groups is 2. The zero-order valence-electron chi connectivity index (χ0n) is 15.0. The molecule has 0 radical (unpaired) electrons. The third-order valence-electron chi connectivity index (χ3n) is 4.64. The first kappa shape index (κ1) is 17.7. The Balaban J connectivity index is 1.48. The number of urea groups is 1. The van der Waals surface area contributed by atoms with E-state index in [0.717, 1.165) is 16.8 Å². The lowest BCUT2D eigenvalue weighted by molar-refractivity contribution is -0.116. The van der Waals surface area contributed by atoms with Crippen molar-refractivity contribution in [2.75, 3.05) is 16.0 Å². The lowest BCUT2D eigenvalue weighted by Gasteiger charge is -2.23. The topological polar surface area (TPSA) is 98.9 Å². The van der Waals surface area contributed by atoms with Crippen LogP contribution in [0.5, 0.6) is 0 Å². The first-order chi connectivity index (χ1) is 13.5. The van der Waals surface area contributed by atoms with Crippen molar-refractivity contribution in [2.24, 2.45) is 0 Å². The second-order valence-electron chi connectivity index (χ2n) is 6.63. The zero-order chi connectivity index (χ0) is 19.7. The highest BCUT2D eigenvalue weighted by Crippen LogP contribution is 2.38. The molecule has 4 N–H and O–H groups in total. The summed E-state index contributed by atoms with van der Waals surface area (Å²) in [5, 5.41) is 15.1. The summed E-state index contributed by atoms with van der Waals surface area (Å²) in [6, 6.07) is 12.5. The van der Waals surface area contributed by atoms with Crippen LogP contribution in [0.15, 0.2) is 48.5 Å². The van der Waals surface area contributed by atoms with Gasteiger partial charge in [0.25, 0.3) is 0 Å². The van der Waals surface area contributed by atoms with Gasteiger partial charge in [0.1, 0.15) is 5.82 Å². The van der Waals surface area contributed by atoms with Crippen molar-refractivity contribution >= 4 is 29.1 Å². The molecule has 1 aromatic heterocycles. The van der Waals surface area contributed by atoms with E-state index in [1.807, 2.05) is 19.1 Å². The first-order valence-electron chi connectivity index (χ1n) is 8.78. The molecule has 0 bridgehead atoms. The Labute approximate surface area is 160 Å². The van der Waals surface area contributed by atoms with Crippen LogP contribution in [-0.2, 0) is 4.79 Å². The Morgan fingerprint density at radius 3 is 2.64 bits per heavy atom. The van der Waals surface area contributed by atoms with Crippen molar-refractivity contribution < 1.29 is 14.0 Å². The number of benzene rings is 2. The molecule has 28 heavy (non-hydrogen) atoms. The molecule has 2 aromatic carbocycles. The quantitative estimate of drug-likeness (QED) is 0.554. The minimum absolute atomic E-state index is 0.0827. The van der Waals surface area contributed by atoms with Gasteiger partial charge in [-0.25, -0.2) is 9.18 Å². The van der Waals surface area contributed by atoms with Gasteiger partial charge in [0.2, 0.25) is 5.91 Å². The Bertz CT molecular complexity index is 1050. The molecule has 7 nitrogen and oxygen atoms in total. The number of amides is 3. The molecule has 1 atom stereocenters. The number of anilines is 3. The lowest BCUT2D eigenvalue weighted by Crippen LogP contribution is -2.23. The van der Waals surface area contributed by atoms with Crippen LogP contribution >= 0.6 is 0 Å². The largest absolute Gasteiger partial charge is 0.323 e. The van der Waals surface area contributed by atoms with E-state index in [1.54, 1.807) is 18.2 Å². The second-order valence-corrected chi connectivity index (χ2v) is 6.63. The number of rotatable bonds is 3. The van der Waals surface area contributed by atoms with Crippen LogP contribution in [0.1, 0.15) is 29.2 Å². The van der Waals surface area contributed by atoms with Gasteiger partial charge < -0.3 is 16.0 Å². The summed E-state index contributed by atoms with van der Waals surface area (Å²) >= 11 is 0. The number of carbonyl (C=O) groups excluding carboxylic acids is 2. The Hall–Kier alpha value is -3.68. The Morgan fingerprint density at radius 2 is 1.89 bits per heavy atom. The van der Waals surface area contributed by atoms with Crippen molar-refractivity contribution in [2.45, 2.75) is 19.3 Å². The van der Waals surface area contributed by atoms with E-state index in [0.29, 0.717) is 23.6 Å². The molecule has 4 rings (SSSR count). The number of H-pyrrole nitrogens is 1. The van der Waals surface area contributed by atoms with E-state index in [1.165, 1.54) is 18.2 Å². The lowest BCUT2D eigenvalue weighted by atomic mass is 9.86. The highest BCUT2D eigenvalue weighted by molar-refractivity contribution is 5.99. The van der Waals surface area contributed by atoms with Gasteiger partial charge in [-0.15, -0.1) is 0 Å². The molecule has 142 valence electrons. The molecular formula is C20H18FN5O2. The summed E-state index contributed by atoms with van der Waals surface area (Å²) in [5.74, 6) is -0.0404. The Morgan fingerprint density at radius 1 is 1.14 bits per heavy atom. The van der Waals surface area contributed by atoms with Gasteiger partial charge in [-0.1, -0.05) is 18.2 Å². The number of hydrogen-bond acceptors (Lipinski definition) is 3. The molecule has 3 aromatic rings. The van der Waals surface area contributed by atoms with Crippen LogP contribution in [0.2, 0.25) is 0 Å². The summed E-state index contributed by atoms with van der Waals surface area (Å²) < 4.78 is 13.2. The maximum absolute atomic E-state index is 13.2. The minimum Gasteiger partial charge on any atom is -0.309 e. The van der Waals surface area contributed by atoms with Gasteiger partial charge in [0, 0.05) is 35.0 Å². The summed E-state index contributed by atoms with van der Waals surface area (Å²) in [7, 11) is 0. The van der Waals surface area contributed by atoms with Crippen LogP contribution in [-0.4, -0.2) is 22.1 Å². The molecule has 2 heterocycles. The molecule has 8 heteroatoms. The van der Waals surface area contributed by atoms with Crippen molar-refractivity contribution in [3.8, 4) is 0 Å². The highest BCUT2D eigenvalue weighted by Gasteiger charge is 2.30. The number of hydrogen-bond donors (Lipinski definition) is 4. The van der Waals surface area contributed by atoms with Crippen LogP contribution in [0.4, 0.5) is 26.4 Å². The maximum Gasteiger partial charge on any atom is 0.323 e. The van der Waals surface area contributed by atoms with Crippen LogP contribution < -0.4 is 16.0 Å². The molecule has 0 spiro atoms. The van der Waals surface area contributed by atoms with Gasteiger partial charge in [0.05, 0.1) is 0 Å². The molecule has 0 fully saturated rings.